The van der Waals surface area contributed by atoms with Crippen LogP contribution in [0.2, 0.25) is 0 Å². The summed E-state index contributed by atoms with van der Waals surface area (Å²) in [4.78, 5) is 14.0. The third-order valence-corrected chi connectivity index (χ3v) is 5.49. The molecule has 0 spiro atoms. The molecule has 0 saturated carbocycles. The maximum atomic E-state index is 12.5. The van der Waals surface area contributed by atoms with Crippen molar-refractivity contribution in [3.05, 3.63) is 36.2 Å². The van der Waals surface area contributed by atoms with E-state index < -0.39 is 15.4 Å². The van der Waals surface area contributed by atoms with Crippen molar-refractivity contribution in [3.63, 3.8) is 0 Å². The van der Waals surface area contributed by atoms with E-state index in [1.54, 1.807) is 51.2 Å². The van der Waals surface area contributed by atoms with Crippen LogP contribution >= 0.6 is 0 Å². The summed E-state index contributed by atoms with van der Waals surface area (Å²) >= 11 is 0. The number of nitrogens with one attached hydrogen (secondary N) is 1. The van der Waals surface area contributed by atoms with Crippen molar-refractivity contribution in [2.24, 2.45) is 7.05 Å². The Kier molecular flexibility index (Phi) is 3.26. The van der Waals surface area contributed by atoms with Crippen LogP contribution in [0.5, 0.6) is 0 Å². The van der Waals surface area contributed by atoms with Crippen molar-refractivity contribution in [2.75, 3.05) is 16.7 Å². The number of carbonyl (C=O) groups is 1. The third kappa shape index (κ3) is 2.39. The molecule has 122 valence electrons. The van der Waals surface area contributed by atoms with Gasteiger partial charge in [-0.05, 0) is 37.6 Å². The highest BCUT2D eigenvalue weighted by Gasteiger charge is 2.42. The van der Waals surface area contributed by atoms with E-state index in [1.807, 2.05) is 0 Å². The van der Waals surface area contributed by atoms with Crippen LogP contribution in [0.3, 0.4) is 0 Å². The van der Waals surface area contributed by atoms with Gasteiger partial charge in [0.1, 0.15) is 0 Å². The minimum absolute atomic E-state index is 0.0535. The number of aryl methyl sites for hydroxylation is 1. The first-order chi connectivity index (χ1) is 10.6. The molecule has 1 aliphatic heterocycles. The van der Waals surface area contributed by atoms with Crippen LogP contribution in [0.1, 0.15) is 19.4 Å². The third-order valence-electron chi connectivity index (χ3n) is 4.11. The van der Waals surface area contributed by atoms with Crippen LogP contribution in [0, 0.1) is 0 Å². The number of benzene rings is 1. The highest BCUT2D eigenvalue weighted by atomic mass is 32.2. The molecular weight excluding hydrogens is 316 g/mol. The van der Waals surface area contributed by atoms with Crippen LogP contribution in [0.25, 0.3) is 0 Å². The van der Waals surface area contributed by atoms with E-state index in [0.29, 0.717) is 11.3 Å². The average molecular weight is 334 g/mol. The van der Waals surface area contributed by atoms with Gasteiger partial charge < -0.3 is 4.90 Å². The van der Waals surface area contributed by atoms with Gasteiger partial charge in [-0.1, -0.05) is 0 Å². The predicted octanol–water partition coefficient (Wildman–Crippen LogP) is 1.47. The molecule has 0 radical (unpaired) electrons. The van der Waals surface area contributed by atoms with Crippen LogP contribution in [-0.4, -0.2) is 31.2 Å². The van der Waals surface area contributed by atoms with Crippen LogP contribution in [0.4, 0.5) is 11.4 Å². The SMILES string of the molecule is CN1C(=O)C(C)(C)c2cc(S(=O)(=O)Nc3cnn(C)c3)ccc21. The fourth-order valence-corrected chi connectivity index (χ4v) is 3.86. The number of anilines is 2. The summed E-state index contributed by atoms with van der Waals surface area (Å²) in [6.45, 7) is 3.59. The van der Waals surface area contributed by atoms with E-state index in [2.05, 4.69) is 9.82 Å². The van der Waals surface area contributed by atoms with Gasteiger partial charge in [0.05, 0.1) is 22.2 Å². The maximum absolute atomic E-state index is 12.5. The molecule has 7 nitrogen and oxygen atoms in total. The molecule has 2 heterocycles. The van der Waals surface area contributed by atoms with Gasteiger partial charge in [-0.2, -0.15) is 5.10 Å². The molecule has 1 aromatic carbocycles. The molecule has 2 aromatic rings. The fourth-order valence-electron chi connectivity index (χ4n) is 2.81. The summed E-state index contributed by atoms with van der Waals surface area (Å²) in [5, 5.41) is 3.93. The molecule has 1 amide bonds. The van der Waals surface area contributed by atoms with Crippen molar-refractivity contribution < 1.29 is 13.2 Å². The number of amides is 1. The molecule has 0 bridgehead atoms. The first-order valence-electron chi connectivity index (χ1n) is 7.07. The molecule has 0 saturated heterocycles. The molecular formula is C15H18N4O3S. The smallest absolute Gasteiger partial charge is 0.262 e. The van der Waals surface area contributed by atoms with E-state index in [4.69, 9.17) is 0 Å². The number of hydrogen-bond acceptors (Lipinski definition) is 4. The van der Waals surface area contributed by atoms with Gasteiger partial charge in [-0.15, -0.1) is 0 Å². The van der Waals surface area contributed by atoms with Crippen molar-refractivity contribution in [1.82, 2.24) is 9.78 Å². The normalized spacial score (nSPS) is 16.5. The topological polar surface area (TPSA) is 84.3 Å². The monoisotopic (exact) mass is 334 g/mol. The molecule has 0 atom stereocenters. The number of sulfonamides is 1. The summed E-state index contributed by atoms with van der Waals surface area (Å²) in [6, 6.07) is 4.73. The molecule has 0 aliphatic carbocycles. The average Bonchev–Trinajstić information content (AvgIpc) is 2.95. The summed E-state index contributed by atoms with van der Waals surface area (Å²) in [5.74, 6) is -0.0535. The van der Waals surface area contributed by atoms with Crippen molar-refractivity contribution in [3.8, 4) is 0 Å². The predicted molar refractivity (Wildman–Crippen MR) is 86.9 cm³/mol. The Morgan fingerprint density at radius 1 is 1.22 bits per heavy atom. The molecule has 8 heteroatoms. The number of fused-ring (bicyclic) bond motifs is 1. The van der Waals surface area contributed by atoms with E-state index in [1.165, 1.54) is 16.9 Å². The molecule has 0 unspecified atom stereocenters. The van der Waals surface area contributed by atoms with Crippen LogP contribution in [0.15, 0.2) is 35.5 Å². The molecule has 1 aromatic heterocycles. The Morgan fingerprint density at radius 3 is 2.52 bits per heavy atom. The Morgan fingerprint density at radius 2 is 1.91 bits per heavy atom. The van der Waals surface area contributed by atoms with Crippen molar-refractivity contribution >= 4 is 27.3 Å². The summed E-state index contributed by atoms with van der Waals surface area (Å²) in [7, 11) is -0.342. The van der Waals surface area contributed by atoms with Gasteiger partial charge >= 0.3 is 0 Å². The standard InChI is InChI=1S/C15H18N4O3S/c1-15(2)12-7-11(5-6-13(12)19(4)14(15)20)23(21,22)17-10-8-16-18(3)9-10/h5-9,17H,1-4H3. The number of likely N-dealkylation sites (N-methyl/N-ethyl adjacent to an activating group) is 1. The van der Waals surface area contributed by atoms with Gasteiger partial charge in [-0.3, -0.25) is 14.2 Å². The number of rotatable bonds is 3. The van der Waals surface area contributed by atoms with Gasteiger partial charge in [0, 0.05) is 26.0 Å². The molecule has 3 rings (SSSR count). The number of nitrogens with zero attached hydrogens (tertiary/aromatic N) is 3. The molecule has 23 heavy (non-hydrogen) atoms. The summed E-state index contributed by atoms with van der Waals surface area (Å²) in [5.41, 5.74) is 1.09. The lowest BCUT2D eigenvalue weighted by Crippen LogP contribution is -2.33. The van der Waals surface area contributed by atoms with E-state index >= 15 is 0 Å². The second kappa shape index (κ2) is 4.82. The van der Waals surface area contributed by atoms with Gasteiger partial charge in [0.15, 0.2) is 0 Å². The number of aromatic nitrogens is 2. The molecule has 1 N–H and O–H groups in total. The van der Waals surface area contributed by atoms with Crippen molar-refractivity contribution in [1.29, 1.82) is 0 Å². The zero-order valence-electron chi connectivity index (χ0n) is 13.4. The zero-order valence-corrected chi connectivity index (χ0v) is 14.2. The quantitative estimate of drug-likeness (QED) is 0.921. The van der Waals surface area contributed by atoms with Gasteiger partial charge in [-0.25, -0.2) is 8.42 Å². The van der Waals surface area contributed by atoms with E-state index in [-0.39, 0.29) is 10.8 Å². The minimum atomic E-state index is -3.74. The van der Waals surface area contributed by atoms with Crippen LogP contribution in [-0.2, 0) is 27.3 Å². The summed E-state index contributed by atoms with van der Waals surface area (Å²) in [6.07, 6.45) is 3.01. The zero-order chi connectivity index (χ0) is 17.0. The van der Waals surface area contributed by atoms with Gasteiger partial charge in [0.25, 0.3) is 10.0 Å². The lowest BCUT2D eigenvalue weighted by atomic mass is 9.86. The fraction of sp³-hybridized carbons (Fsp3) is 0.333. The number of hydrogen-bond donors (Lipinski definition) is 1. The largest absolute Gasteiger partial charge is 0.314 e. The minimum Gasteiger partial charge on any atom is -0.314 e. The first kappa shape index (κ1) is 15.5. The lowest BCUT2D eigenvalue weighted by Gasteiger charge is -2.16. The second-order valence-electron chi connectivity index (χ2n) is 6.18. The second-order valence-corrected chi connectivity index (χ2v) is 7.86. The number of carbonyl (C=O) groups excluding carboxylic acids is 1. The summed E-state index contributed by atoms with van der Waals surface area (Å²) < 4.78 is 29.1. The van der Waals surface area contributed by atoms with Crippen LogP contribution < -0.4 is 9.62 Å². The Balaban J connectivity index is 2.03. The Labute approximate surface area is 135 Å². The Hall–Kier alpha value is -2.35. The van der Waals surface area contributed by atoms with Gasteiger partial charge in [0.2, 0.25) is 5.91 Å². The lowest BCUT2D eigenvalue weighted by molar-refractivity contribution is -0.121. The first-order valence-corrected chi connectivity index (χ1v) is 8.55. The van der Waals surface area contributed by atoms with E-state index in [0.717, 1.165) is 5.69 Å². The molecule has 0 fully saturated rings. The maximum Gasteiger partial charge on any atom is 0.262 e. The Bertz CT molecular complexity index is 899. The molecule has 1 aliphatic rings. The van der Waals surface area contributed by atoms with E-state index in [9.17, 15) is 13.2 Å². The van der Waals surface area contributed by atoms with Crippen molar-refractivity contribution in [2.45, 2.75) is 24.2 Å². The highest BCUT2D eigenvalue weighted by molar-refractivity contribution is 7.92. The highest BCUT2D eigenvalue weighted by Crippen LogP contribution is 2.41.